The van der Waals surface area contributed by atoms with Gasteiger partial charge >= 0.3 is 0 Å². The molecule has 1 aliphatic rings. The first kappa shape index (κ1) is 15.2. The molecule has 0 radical (unpaired) electrons. The molecule has 0 unspecified atom stereocenters. The minimum atomic E-state index is -0.695. The van der Waals surface area contributed by atoms with E-state index in [1.807, 2.05) is 20.8 Å². The summed E-state index contributed by atoms with van der Waals surface area (Å²) in [6, 6.07) is 3.54. The summed E-state index contributed by atoms with van der Waals surface area (Å²) >= 11 is 5.92. The van der Waals surface area contributed by atoms with Crippen molar-refractivity contribution >= 4 is 11.6 Å². The Labute approximate surface area is 113 Å². The van der Waals surface area contributed by atoms with E-state index in [2.05, 4.69) is 4.98 Å². The molecule has 1 aromatic rings. The number of aromatic nitrogens is 1. The molecule has 0 atom stereocenters. The highest BCUT2D eigenvalue weighted by atomic mass is 35.5. The normalized spacial score (nSPS) is 16.9. The van der Waals surface area contributed by atoms with Crippen LogP contribution in [0, 0.1) is 0 Å². The van der Waals surface area contributed by atoms with E-state index >= 15 is 0 Å². The molecule has 2 heterocycles. The first-order valence-corrected chi connectivity index (χ1v) is 6.58. The van der Waals surface area contributed by atoms with Crippen molar-refractivity contribution in [2.75, 3.05) is 20.3 Å². The third-order valence-electron chi connectivity index (χ3n) is 2.64. The first-order valence-electron chi connectivity index (χ1n) is 6.20. The summed E-state index contributed by atoms with van der Waals surface area (Å²) in [6.07, 6.45) is 0.719. The maximum Gasteiger partial charge on any atom is 0.214 e. The topological polar surface area (TPSA) is 40.6 Å². The summed E-state index contributed by atoms with van der Waals surface area (Å²) in [7, 11) is 1.55. The van der Waals surface area contributed by atoms with Gasteiger partial charge in [-0.25, -0.2) is 4.98 Å². The molecular weight excluding hydrogens is 254 g/mol. The van der Waals surface area contributed by atoms with Gasteiger partial charge in [-0.05, 0) is 6.07 Å². The Bertz CT molecular complexity index is 378. The van der Waals surface area contributed by atoms with Gasteiger partial charge in [0.05, 0.1) is 20.3 Å². The van der Waals surface area contributed by atoms with E-state index in [1.54, 1.807) is 19.2 Å². The molecular formula is C13H20ClNO3. The fraction of sp³-hybridized carbons (Fsp3) is 0.615. The van der Waals surface area contributed by atoms with Crippen LogP contribution in [-0.2, 0) is 15.3 Å². The van der Waals surface area contributed by atoms with E-state index in [0.717, 1.165) is 12.0 Å². The van der Waals surface area contributed by atoms with E-state index in [4.69, 9.17) is 25.8 Å². The van der Waals surface area contributed by atoms with Crippen molar-refractivity contribution in [3.8, 4) is 5.88 Å². The maximum absolute atomic E-state index is 5.92. The Morgan fingerprint density at radius 2 is 1.94 bits per heavy atom. The number of halogens is 1. The van der Waals surface area contributed by atoms with Crippen molar-refractivity contribution in [1.29, 1.82) is 0 Å². The van der Waals surface area contributed by atoms with Gasteiger partial charge in [0.25, 0.3) is 0 Å². The molecule has 0 N–H and O–H groups in total. The van der Waals surface area contributed by atoms with E-state index < -0.39 is 5.79 Å². The number of pyridine rings is 1. The maximum atomic E-state index is 5.92. The van der Waals surface area contributed by atoms with Crippen molar-refractivity contribution < 1.29 is 14.2 Å². The molecule has 4 nitrogen and oxygen atoms in total. The average Bonchev–Trinajstić information content (AvgIpc) is 2.90. The highest BCUT2D eigenvalue weighted by Crippen LogP contribution is 2.36. The van der Waals surface area contributed by atoms with Gasteiger partial charge < -0.3 is 14.2 Å². The van der Waals surface area contributed by atoms with Crippen molar-refractivity contribution in [2.24, 2.45) is 0 Å². The van der Waals surface area contributed by atoms with Crippen LogP contribution in [0.4, 0.5) is 0 Å². The zero-order valence-corrected chi connectivity index (χ0v) is 12.1. The molecule has 0 bridgehead atoms. The highest BCUT2D eigenvalue weighted by molar-refractivity contribution is 6.29. The second-order valence-electron chi connectivity index (χ2n) is 3.52. The van der Waals surface area contributed by atoms with Gasteiger partial charge in [0.2, 0.25) is 5.88 Å². The molecule has 2 rings (SSSR count). The van der Waals surface area contributed by atoms with Crippen LogP contribution in [0.3, 0.4) is 0 Å². The van der Waals surface area contributed by atoms with E-state index in [-0.39, 0.29) is 0 Å². The van der Waals surface area contributed by atoms with Crippen LogP contribution in [0.2, 0.25) is 5.15 Å². The summed E-state index contributed by atoms with van der Waals surface area (Å²) in [5, 5.41) is 0.376. The van der Waals surface area contributed by atoms with Crippen LogP contribution in [-0.4, -0.2) is 25.3 Å². The minimum Gasteiger partial charge on any atom is -0.481 e. The van der Waals surface area contributed by atoms with Crippen molar-refractivity contribution in [3.63, 3.8) is 0 Å². The molecule has 0 saturated carbocycles. The monoisotopic (exact) mass is 273 g/mol. The van der Waals surface area contributed by atoms with Gasteiger partial charge in [-0.3, -0.25) is 0 Å². The molecule has 0 aromatic carbocycles. The summed E-state index contributed by atoms with van der Waals surface area (Å²) in [6.45, 7) is 7.19. The van der Waals surface area contributed by atoms with Gasteiger partial charge in [0, 0.05) is 18.1 Å². The van der Waals surface area contributed by atoms with Crippen LogP contribution in [0.25, 0.3) is 0 Å². The van der Waals surface area contributed by atoms with Crippen LogP contribution in [0.1, 0.15) is 32.8 Å². The summed E-state index contributed by atoms with van der Waals surface area (Å²) < 4.78 is 16.4. The molecule has 0 aliphatic carbocycles. The van der Waals surface area contributed by atoms with Gasteiger partial charge in [0.1, 0.15) is 5.15 Å². The standard InChI is InChI=1S/C11H14ClNO3.C2H6/c1-3-11(15-4-5-16-11)8-6-9(12)13-10(7-8)14-2;1-2/h6-7H,3-5H2,1-2H3;1-2H3. The lowest BCUT2D eigenvalue weighted by Crippen LogP contribution is -2.26. The van der Waals surface area contributed by atoms with Gasteiger partial charge in [-0.1, -0.05) is 32.4 Å². The summed E-state index contributed by atoms with van der Waals surface area (Å²) in [5.41, 5.74) is 0.851. The minimum absolute atomic E-state index is 0.376. The third kappa shape index (κ3) is 3.13. The Morgan fingerprint density at radius 1 is 1.33 bits per heavy atom. The van der Waals surface area contributed by atoms with Crippen molar-refractivity contribution in [2.45, 2.75) is 33.0 Å². The Kier molecular flexibility index (Phi) is 5.85. The highest BCUT2D eigenvalue weighted by Gasteiger charge is 2.37. The average molecular weight is 274 g/mol. The quantitative estimate of drug-likeness (QED) is 0.792. The molecule has 0 spiro atoms. The Hall–Kier alpha value is -0.840. The van der Waals surface area contributed by atoms with Gasteiger partial charge in [-0.2, -0.15) is 0 Å². The lowest BCUT2D eigenvalue weighted by molar-refractivity contribution is -0.167. The predicted molar refractivity (Wildman–Crippen MR) is 71.0 cm³/mol. The molecule has 102 valence electrons. The molecule has 0 amide bonds. The molecule has 1 fully saturated rings. The van der Waals surface area contributed by atoms with Crippen LogP contribution in [0.15, 0.2) is 12.1 Å². The number of hydrogen-bond acceptors (Lipinski definition) is 4. The van der Waals surface area contributed by atoms with Crippen LogP contribution in [0.5, 0.6) is 5.88 Å². The Morgan fingerprint density at radius 3 is 2.44 bits per heavy atom. The molecule has 18 heavy (non-hydrogen) atoms. The second-order valence-corrected chi connectivity index (χ2v) is 3.91. The zero-order chi connectivity index (χ0) is 13.6. The molecule has 1 saturated heterocycles. The summed E-state index contributed by atoms with van der Waals surface area (Å²) in [5.74, 6) is -0.228. The van der Waals surface area contributed by atoms with E-state index in [9.17, 15) is 0 Å². The second kappa shape index (κ2) is 6.92. The summed E-state index contributed by atoms with van der Waals surface area (Å²) in [4.78, 5) is 4.02. The number of nitrogens with zero attached hydrogens (tertiary/aromatic N) is 1. The van der Waals surface area contributed by atoms with Crippen LogP contribution >= 0.6 is 11.6 Å². The largest absolute Gasteiger partial charge is 0.481 e. The predicted octanol–water partition coefficient (Wildman–Crippen LogP) is 3.38. The van der Waals surface area contributed by atoms with Crippen molar-refractivity contribution in [3.05, 3.63) is 22.8 Å². The first-order chi connectivity index (χ1) is 8.70. The van der Waals surface area contributed by atoms with Gasteiger partial charge in [0.15, 0.2) is 5.79 Å². The lowest BCUT2D eigenvalue weighted by Gasteiger charge is -2.26. The smallest absolute Gasteiger partial charge is 0.214 e. The number of ether oxygens (including phenoxy) is 3. The Balaban J connectivity index is 0.000000771. The SMILES string of the molecule is CC.CCC1(c2cc(Cl)nc(OC)c2)OCCO1. The number of rotatable bonds is 3. The van der Waals surface area contributed by atoms with E-state index in [0.29, 0.717) is 24.2 Å². The van der Waals surface area contributed by atoms with Crippen molar-refractivity contribution in [1.82, 2.24) is 4.98 Å². The fourth-order valence-electron chi connectivity index (χ4n) is 1.83. The lowest BCUT2D eigenvalue weighted by atomic mass is 10.0. The van der Waals surface area contributed by atoms with E-state index in [1.165, 1.54) is 0 Å². The fourth-order valence-corrected chi connectivity index (χ4v) is 2.03. The zero-order valence-electron chi connectivity index (χ0n) is 11.3. The molecule has 1 aliphatic heterocycles. The molecule has 1 aromatic heterocycles. The van der Waals surface area contributed by atoms with Crippen LogP contribution < -0.4 is 4.74 Å². The molecule has 5 heteroatoms. The third-order valence-corrected chi connectivity index (χ3v) is 2.83. The van der Waals surface area contributed by atoms with Gasteiger partial charge in [-0.15, -0.1) is 0 Å². The number of methoxy groups -OCH3 is 1. The number of hydrogen-bond donors (Lipinski definition) is 0.